The van der Waals surface area contributed by atoms with Gasteiger partial charge in [0, 0.05) is 16.8 Å². The molecule has 3 amide bonds. The number of amides is 3. The van der Waals surface area contributed by atoms with Crippen LogP contribution in [0.5, 0.6) is 0 Å². The third-order valence-corrected chi connectivity index (χ3v) is 3.54. The Morgan fingerprint density at radius 2 is 1.76 bits per heavy atom. The Kier molecular flexibility index (Phi) is 6.47. The third kappa shape index (κ3) is 5.58. The smallest absolute Gasteiger partial charge is 0.270 e. The number of hydrogen-bond donors (Lipinski definition) is 3. The summed E-state index contributed by atoms with van der Waals surface area (Å²) in [6, 6.07) is 9.95. The Hall–Kier alpha value is -2.93. The molecule has 2 rings (SSSR count). The Morgan fingerprint density at radius 1 is 1.04 bits per heavy atom. The van der Waals surface area contributed by atoms with Crippen molar-refractivity contribution >= 4 is 29.3 Å². The molecule has 0 radical (unpaired) electrons. The van der Waals surface area contributed by atoms with Crippen molar-refractivity contribution in [3.8, 4) is 0 Å². The van der Waals surface area contributed by atoms with Crippen LogP contribution in [0.25, 0.3) is 0 Å². The summed E-state index contributed by atoms with van der Waals surface area (Å²) in [6.45, 7) is 1.70. The van der Waals surface area contributed by atoms with E-state index < -0.39 is 17.7 Å². The summed E-state index contributed by atoms with van der Waals surface area (Å²) in [6.07, 6.45) is 2.27. The van der Waals surface area contributed by atoms with Crippen LogP contribution in [0.15, 0.2) is 42.6 Å². The Morgan fingerprint density at radius 3 is 2.40 bits per heavy atom. The monoisotopic (exact) mass is 360 g/mol. The van der Waals surface area contributed by atoms with Gasteiger partial charge in [0.05, 0.1) is 6.54 Å². The molecule has 0 saturated heterocycles. The molecule has 2 aromatic rings. The molecule has 25 heavy (non-hydrogen) atoms. The summed E-state index contributed by atoms with van der Waals surface area (Å²) in [5.74, 6) is -1.56. The molecule has 0 atom stereocenters. The summed E-state index contributed by atoms with van der Waals surface area (Å²) in [7, 11) is 0. The molecule has 1 heterocycles. The molecule has 130 valence electrons. The number of benzene rings is 1. The van der Waals surface area contributed by atoms with Crippen molar-refractivity contribution < 1.29 is 14.4 Å². The maximum absolute atomic E-state index is 11.9. The molecule has 0 aliphatic rings. The van der Waals surface area contributed by atoms with Crippen LogP contribution in [-0.4, -0.2) is 29.3 Å². The molecule has 8 heteroatoms. The second-order valence-corrected chi connectivity index (χ2v) is 5.53. The predicted octanol–water partition coefficient (Wildman–Crippen LogP) is 1.49. The lowest BCUT2D eigenvalue weighted by molar-refractivity contribution is -0.120. The Labute approximate surface area is 149 Å². The van der Waals surface area contributed by atoms with E-state index in [0.29, 0.717) is 10.6 Å². The number of aromatic nitrogens is 1. The lowest BCUT2D eigenvalue weighted by Crippen LogP contribution is -2.46. The van der Waals surface area contributed by atoms with E-state index in [1.165, 1.54) is 18.3 Å². The van der Waals surface area contributed by atoms with E-state index in [2.05, 4.69) is 21.2 Å². The van der Waals surface area contributed by atoms with Crippen LogP contribution < -0.4 is 16.2 Å². The van der Waals surface area contributed by atoms with Crippen LogP contribution in [0.2, 0.25) is 5.02 Å². The third-order valence-electron chi connectivity index (χ3n) is 3.30. The van der Waals surface area contributed by atoms with Gasteiger partial charge in [0.2, 0.25) is 0 Å². The molecule has 0 unspecified atom stereocenters. The number of carbonyl (C=O) groups excluding carboxylic acids is 3. The van der Waals surface area contributed by atoms with Gasteiger partial charge in [-0.2, -0.15) is 0 Å². The minimum Gasteiger partial charge on any atom is -0.342 e. The zero-order chi connectivity index (χ0) is 18.2. The van der Waals surface area contributed by atoms with Crippen LogP contribution in [0.4, 0.5) is 0 Å². The zero-order valence-electron chi connectivity index (χ0n) is 13.5. The molecular formula is C17H17ClN4O3. The maximum Gasteiger partial charge on any atom is 0.270 e. The second kappa shape index (κ2) is 8.79. The molecule has 0 aliphatic carbocycles. The van der Waals surface area contributed by atoms with Crippen molar-refractivity contribution in [2.75, 3.05) is 6.54 Å². The lowest BCUT2D eigenvalue weighted by atomic mass is 10.1. The number of hydrogen-bond acceptors (Lipinski definition) is 4. The zero-order valence-corrected chi connectivity index (χ0v) is 14.3. The first kappa shape index (κ1) is 18.4. The number of halogens is 1. The highest BCUT2D eigenvalue weighted by Gasteiger charge is 2.11. The minimum absolute atomic E-state index is 0.0975. The fraction of sp³-hybridized carbons (Fsp3) is 0.176. The molecule has 0 aliphatic heterocycles. The van der Waals surface area contributed by atoms with Gasteiger partial charge in [-0.05, 0) is 36.2 Å². The highest BCUT2D eigenvalue weighted by Crippen LogP contribution is 2.07. The van der Waals surface area contributed by atoms with Gasteiger partial charge in [0.1, 0.15) is 5.69 Å². The van der Waals surface area contributed by atoms with Gasteiger partial charge >= 0.3 is 0 Å². The number of pyridine rings is 1. The SMILES string of the molecule is CCc1ccc(C(=O)NNC(=O)CNC(=O)c2cc(Cl)ccn2)cc1. The quantitative estimate of drug-likeness (QED) is 0.703. The predicted molar refractivity (Wildman–Crippen MR) is 93.0 cm³/mol. The van der Waals surface area contributed by atoms with Gasteiger partial charge in [-0.3, -0.25) is 30.2 Å². The van der Waals surface area contributed by atoms with Gasteiger partial charge in [0.25, 0.3) is 17.7 Å². The van der Waals surface area contributed by atoms with E-state index in [1.54, 1.807) is 12.1 Å². The normalized spacial score (nSPS) is 10.0. The Balaban J connectivity index is 1.78. The molecule has 0 fully saturated rings. The Bertz CT molecular complexity index is 778. The van der Waals surface area contributed by atoms with Gasteiger partial charge < -0.3 is 5.32 Å². The molecule has 0 bridgehead atoms. The minimum atomic E-state index is -0.575. The topological polar surface area (TPSA) is 100 Å². The number of carbonyl (C=O) groups is 3. The van der Waals surface area contributed by atoms with Gasteiger partial charge in [-0.25, -0.2) is 0 Å². The summed E-state index contributed by atoms with van der Waals surface area (Å²) in [5, 5.41) is 2.75. The van der Waals surface area contributed by atoms with Crippen LogP contribution in [0.3, 0.4) is 0 Å². The lowest BCUT2D eigenvalue weighted by Gasteiger charge is -2.08. The van der Waals surface area contributed by atoms with Gasteiger partial charge in [0.15, 0.2) is 0 Å². The number of nitrogens with zero attached hydrogens (tertiary/aromatic N) is 1. The van der Waals surface area contributed by atoms with E-state index in [0.717, 1.165) is 12.0 Å². The maximum atomic E-state index is 11.9. The first-order valence-corrected chi connectivity index (χ1v) is 7.95. The van der Waals surface area contributed by atoms with Crippen molar-refractivity contribution in [2.24, 2.45) is 0 Å². The van der Waals surface area contributed by atoms with E-state index in [1.807, 2.05) is 19.1 Å². The van der Waals surface area contributed by atoms with E-state index in [9.17, 15) is 14.4 Å². The molecule has 1 aromatic heterocycles. The molecule has 7 nitrogen and oxygen atoms in total. The number of nitrogens with one attached hydrogen (secondary N) is 3. The average molecular weight is 361 g/mol. The van der Waals surface area contributed by atoms with Crippen LogP contribution in [0, 0.1) is 0 Å². The van der Waals surface area contributed by atoms with Crippen LogP contribution in [0.1, 0.15) is 33.3 Å². The second-order valence-electron chi connectivity index (χ2n) is 5.09. The largest absolute Gasteiger partial charge is 0.342 e. The molecule has 1 aromatic carbocycles. The fourth-order valence-electron chi connectivity index (χ4n) is 1.91. The van der Waals surface area contributed by atoms with Crippen molar-refractivity contribution in [3.05, 3.63) is 64.4 Å². The van der Waals surface area contributed by atoms with Crippen molar-refractivity contribution in [3.63, 3.8) is 0 Å². The van der Waals surface area contributed by atoms with Gasteiger partial charge in [-0.1, -0.05) is 30.7 Å². The first-order valence-electron chi connectivity index (χ1n) is 7.57. The summed E-state index contributed by atoms with van der Waals surface area (Å²) < 4.78 is 0. The number of aryl methyl sites for hydroxylation is 1. The van der Waals surface area contributed by atoms with E-state index in [4.69, 9.17) is 11.6 Å². The van der Waals surface area contributed by atoms with Crippen LogP contribution in [-0.2, 0) is 11.2 Å². The number of hydrazine groups is 1. The highest BCUT2D eigenvalue weighted by molar-refractivity contribution is 6.30. The average Bonchev–Trinajstić information content (AvgIpc) is 2.64. The first-order chi connectivity index (χ1) is 12.0. The molecule has 0 spiro atoms. The standard InChI is InChI=1S/C17H17ClN4O3/c1-2-11-3-5-12(6-4-11)16(24)22-21-15(23)10-20-17(25)14-9-13(18)7-8-19-14/h3-9H,2,10H2,1H3,(H,20,25)(H,21,23)(H,22,24). The number of rotatable bonds is 5. The summed E-state index contributed by atoms with van der Waals surface area (Å²) in [5.41, 5.74) is 6.14. The highest BCUT2D eigenvalue weighted by atomic mass is 35.5. The van der Waals surface area contributed by atoms with Crippen molar-refractivity contribution in [2.45, 2.75) is 13.3 Å². The van der Waals surface area contributed by atoms with Crippen molar-refractivity contribution in [1.82, 2.24) is 21.2 Å². The van der Waals surface area contributed by atoms with Gasteiger partial charge in [-0.15, -0.1) is 0 Å². The molecule has 0 saturated carbocycles. The fourth-order valence-corrected chi connectivity index (χ4v) is 2.07. The summed E-state index contributed by atoms with van der Waals surface area (Å²) in [4.78, 5) is 39.3. The molecular weight excluding hydrogens is 344 g/mol. The van der Waals surface area contributed by atoms with E-state index in [-0.39, 0.29) is 12.2 Å². The molecule has 3 N–H and O–H groups in total. The van der Waals surface area contributed by atoms with Crippen molar-refractivity contribution in [1.29, 1.82) is 0 Å². The van der Waals surface area contributed by atoms with Crippen LogP contribution >= 0.6 is 11.6 Å². The summed E-state index contributed by atoms with van der Waals surface area (Å²) >= 11 is 5.77. The van der Waals surface area contributed by atoms with E-state index >= 15 is 0 Å².